The number of benzene rings is 1. The van der Waals surface area contributed by atoms with Crippen LogP contribution in [-0.4, -0.2) is 43.7 Å². The number of methoxy groups -OCH3 is 1. The molecule has 0 aromatic heterocycles. The van der Waals surface area contributed by atoms with Gasteiger partial charge in [-0.25, -0.2) is 0 Å². The summed E-state index contributed by atoms with van der Waals surface area (Å²) in [7, 11) is 1.52. The van der Waals surface area contributed by atoms with Crippen molar-refractivity contribution in [1.29, 1.82) is 0 Å². The van der Waals surface area contributed by atoms with Crippen LogP contribution in [0.2, 0.25) is 10.0 Å². The van der Waals surface area contributed by atoms with Gasteiger partial charge in [0.2, 0.25) is 5.91 Å². The lowest BCUT2D eigenvalue weighted by Gasteiger charge is -2.31. The maximum Gasteiger partial charge on any atom is 0.246 e. The van der Waals surface area contributed by atoms with Crippen LogP contribution in [-0.2, 0) is 9.53 Å². The van der Waals surface area contributed by atoms with Crippen LogP contribution >= 0.6 is 23.2 Å². The number of hydrogen-bond donors (Lipinski definition) is 1. The maximum atomic E-state index is 11.6. The number of halogens is 2. The van der Waals surface area contributed by atoms with Gasteiger partial charge in [-0.3, -0.25) is 9.69 Å². The first-order chi connectivity index (χ1) is 10.5. The fraction of sp³-hybridized carbons (Fsp3) is 0.562. The lowest BCUT2D eigenvalue weighted by molar-refractivity contribution is -0.124. The average Bonchev–Trinajstić information content (AvgIpc) is 2.95. The van der Waals surface area contributed by atoms with Crippen LogP contribution in [0.25, 0.3) is 0 Å². The van der Waals surface area contributed by atoms with Crippen molar-refractivity contribution in [2.24, 2.45) is 0 Å². The van der Waals surface area contributed by atoms with E-state index in [0.717, 1.165) is 30.0 Å². The summed E-state index contributed by atoms with van der Waals surface area (Å²) < 4.78 is 4.83. The first kappa shape index (κ1) is 17.5. The Morgan fingerprint density at radius 1 is 1.50 bits per heavy atom. The zero-order chi connectivity index (χ0) is 16.1. The van der Waals surface area contributed by atoms with Gasteiger partial charge in [0, 0.05) is 35.8 Å². The average molecular weight is 345 g/mol. The second-order valence-corrected chi connectivity index (χ2v) is 6.46. The van der Waals surface area contributed by atoms with Crippen LogP contribution in [0.3, 0.4) is 0 Å². The number of rotatable bonds is 6. The van der Waals surface area contributed by atoms with E-state index in [1.807, 2.05) is 12.1 Å². The first-order valence-electron chi connectivity index (χ1n) is 7.49. The van der Waals surface area contributed by atoms with Crippen LogP contribution in [0.5, 0.6) is 0 Å². The summed E-state index contributed by atoms with van der Waals surface area (Å²) in [5.74, 6) is -0.0807. The topological polar surface area (TPSA) is 41.6 Å². The fourth-order valence-electron chi connectivity index (χ4n) is 3.01. The number of likely N-dealkylation sites (tertiary alicyclic amines) is 1. The first-order valence-corrected chi connectivity index (χ1v) is 8.25. The van der Waals surface area contributed by atoms with E-state index in [2.05, 4.69) is 17.1 Å². The van der Waals surface area contributed by atoms with E-state index in [4.69, 9.17) is 27.9 Å². The highest BCUT2D eigenvalue weighted by Gasteiger charge is 2.30. The predicted molar refractivity (Wildman–Crippen MR) is 89.5 cm³/mol. The largest absolute Gasteiger partial charge is 0.375 e. The highest BCUT2D eigenvalue weighted by molar-refractivity contribution is 6.33. The van der Waals surface area contributed by atoms with Gasteiger partial charge in [-0.05, 0) is 50.1 Å². The molecule has 1 fully saturated rings. The van der Waals surface area contributed by atoms with Gasteiger partial charge in [0.25, 0.3) is 0 Å². The van der Waals surface area contributed by atoms with E-state index in [1.54, 1.807) is 6.07 Å². The highest BCUT2D eigenvalue weighted by Crippen LogP contribution is 2.34. The Labute approximate surface area is 141 Å². The Kier molecular flexibility index (Phi) is 6.50. The molecule has 1 aromatic rings. The van der Waals surface area contributed by atoms with Crippen molar-refractivity contribution >= 4 is 29.1 Å². The summed E-state index contributed by atoms with van der Waals surface area (Å²) in [6, 6.07) is 6.03. The Morgan fingerprint density at radius 3 is 3.00 bits per heavy atom. The molecule has 1 amide bonds. The molecule has 4 nitrogen and oxygen atoms in total. The second-order valence-electron chi connectivity index (χ2n) is 5.61. The molecule has 0 aliphatic carbocycles. The van der Waals surface area contributed by atoms with Crippen LogP contribution in [0.1, 0.15) is 31.4 Å². The summed E-state index contributed by atoms with van der Waals surface area (Å²) in [5, 5.41) is 4.34. The Balaban J connectivity index is 2.03. The smallest absolute Gasteiger partial charge is 0.246 e. The lowest BCUT2D eigenvalue weighted by atomic mass is 10.1. The molecule has 1 N–H and O–H groups in total. The van der Waals surface area contributed by atoms with Gasteiger partial charge < -0.3 is 10.1 Å². The minimum Gasteiger partial charge on any atom is -0.375 e. The minimum absolute atomic E-state index is 0.0807. The van der Waals surface area contributed by atoms with E-state index in [9.17, 15) is 4.79 Å². The van der Waals surface area contributed by atoms with E-state index < -0.39 is 0 Å². The molecule has 122 valence electrons. The predicted octanol–water partition coefficient (Wildman–Crippen LogP) is 3.28. The second kappa shape index (κ2) is 8.16. The Bertz CT molecular complexity index is 525. The minimum atomic E-state index is -0.0807. The zero-order valence-electron chi connectivity index (χ0n) is 12.9. The molecule has 0 bridgehead atoms. The van der Waals surface area contributed by atoms with Gasteiger partial charge in [-0.2, -0.15) is 0 Å². The summed E-state index contributed by atoms with van der Waals surface area (Å²) >= 11 is 12.4. The third-order valence-electron chi connectivity index (χ3n) is 4.14. The molecule has 0 spiro atoms. The summed E-state index contributed by atoms with van der Waals surface area (Å²) in [5.41, 5.74) is 1.03. The van der Waals surface area contributed by atoms with Crippen molar-refractivity contribution < 1.29 is 9.53 Å². The van der Waals surface area contributed by atoms with Gasteiger partial charge in [0.15, 0.2) is 0 Å². The SMILES string of the molecule is COCC(=O)NCC1CCCN1C(C)c1cc(Cl)ccc1Cl. The summed E-state index contributed by atoms with van der Waals surface area (Å²) in [6.07, 6.45) is 2.18. The number of nitrogens with zero attached hydrogens (tertiary/aromatic N) is 1. The van der Waals surface area contributed by atoms with Gasteiger partial charge in [0.1, 0.15) is 6.61 Å². The molecule has 6 heteroatoms. The molecule has 1 aliphatic heterocycles. The molecule has 2 unspecified atom stereocenters. The molecule has 2 atom stereocenters. The maximum absolute atomic E-state index is 11.6. The third-order valence-corrected chi connectivity index (χ3v) is 4.72. The molecule has 1 heterocycles. The van der Waals surface area contributed by atoms with Crippen LogP contribution in [0.4, 0.5) is 0 Å². The quantitative estimate of drug-likeness (QED) is 0.860. The van der Waals surface area contributed by atoms with Crippen LogP contribution in [0.15, 0.2) is 18.2 Å². The number of carbonyl (C=O) groups excluding carboxylic acids is 1. The molecule has 1 aromatic carbocycles. The molecule has 1 saturated heterocycles. The van der Waals surface area contributed by atoms with Crippen molar-refractivity contribution in [1.82, 2.24) is 10.2 Å². The standard InChI is InChI=1S/C16H22Cl2N2O2/c1-11(14-8-12(17)5-6-15(14)18)20-7-3-4-13(20)9-19-16(21)10-22-2/h5-6,8,11,13H,3-4,7,9-10H2,1-2H3,(H,19,21). The van der Waals surface area contributed by atoms with Crippen molar-refractivity contribution in [2.75, 3.05) is 26.8 Å². The van der Waals surface area contributed by atoms with E-state index >= 15 is 0 Å². The fourth-order valence-corrected chi connectivity index (χ4v) is 3.47. The van der Waals surface area contributed by atoms with E-state index in [-0.39, 0.29) is 18.6 Å². The number of carbonyl (C=O) groups is 1. The van der Waals surface area contributed by atoms with E-state index in [0.29, 0.717) is 17.6 Å². The molecule has 22 heavy (non-hydrogen) atoms. The van der Waals surface area contributed by atoms with Gasteiger partial charge in [0.05, 0.1) is 0 Å². The molecule has 1 aliphatic rings. The highest BCUT2D eigenvalue weighted by atomic mass is 35.5. The number of ether oxygens (including phenoxy) is 1. The van der Waals surface area contributed by atoms with E-state index in [1.165, 1.54) is 7.11 Å². The molecule has 0 radical (unpaired) electrons. The van der Waals surface area contributed by atoms with Gasteiger partial charge in [-0.15, -0.1) is 0 Å². The summed E-state index contributed by atoms with van der Waals surface area (Å²) in [4.78, 5) is 13.9. The van der Waals surface area contributed by atoms with Gasteiger partial charge >= 0.3 is 0 Å². The normalized spacial score (nSPS) is 20.1. The van der Waals surface area contributed by atoms with Crippen molar-refractivity contribution in [3.05, 3.63) is 33.8 Å². The zero-order valence-corrected chi connectivity index (χ0v) is 14.5. The monoisotopic (exact) mass is 344 g/mol. The van der Waals surface area contributed by atoms with Crippen molar-refractivity contribution in [3.8, 4) is 0 Å². The van der Waals surface area contributed by atoms with Crippen LogP contribution in [0, 0.1) is 0 Å². The number of amides is 1. The number of nitrogens with one attached hydrogen (secondary N) is 1. The molecular formula is C16H22Cl2N2O2. The Morgan fingerprint density at radius 2 is 2.27 bits per heavy atom. The molecular weight excluding hydrogens is 323 g/mol. The Hall–Kier alpha value is -0.810. The lowest BCUT2D eigenvalue weighted by Crippen LogP contribution is -2.42. The van der Waals surface area contributed by atoms with Crippen molar-refractivity contribution in [3.63, 3.8) is 0 Å². The van der Waals surface area contributed by atoms with Gasteiger partial charge in [-0.1, -0.05) is 23.2 Å². The molecule has 0 saturated carbocycles. The summed E-state index contributed by atoms with van der Waals surface area (Å²) in [6.45, 7) is 3.86. The third kappa shape index (κ3) is 4.35. The number of hydrogen-bond acceptors (Lipinski definition) is 3. The molecule has 2 rings (SSSR count). The van der Waals surface area contributed by atoms with Crippen LogP contribution < -0.4 is 5.32 Å². The van der Waals surface area contributed by atoms with Crippen molar-refractivity contribution in [2.45, 2.75) is 31.8 Å².